The van der Waals surface area contributed by atoms with Crippen molar-refractivity contribution in [2.45, 2.75) is 31.8 Å². The quantitative estimate of drug-likeness (QED) is 0.403. The third kappa shape index (κ3) is 5.68. The maximum atomic E-state index is 12.1. The average Bonchev–Trinajstić information content (AvgIpc) is 3.13. The summed E-state index contributed by atoms with van der Waals surface area (Å²) in [5.41, 5.74) is 1.00. The summed E-state index contributed by atoms with van der Waals surface area (Å²) < 4.78 is 10.8. The first kappa shape index (κ1) is 19.6. The molecule has 0 bridgehead atoms. The van der Waals surface area contributed by atoms with E-state index in [-0.39, 0.29) is 12.6 Å². The van der Waals surface area contributed by atoms with Gasteiger partial charge in [0.25, 0.3) is 0 Å². The van der Waals surface area contributed by atoms with Gasteiger partial charge in [0.15, 0.2) is 6.10 Å². The highest BCUT2D eigenvalue weighted by Gasteiger charge is 2.33. The molecule has 1 aromatic carbocycles. The van der Waals surface area contributed by atoms with Crippen LogP contribution in [0.2, 0.25) is 0 Å². The number of benzene rings is 1. The summed E-state index contributed by atoms with van der Waals surface area (Å²) in [5.74, 6) is -1.41. The van der Waals surface area contributed by atoms with E-state index < -0.39 is 18.3 Å². The third-order valence-electron chi connectivity index (χ3n) is 3.89. The molecule has 1 fully saturated rings. The van der Waals surface area contributed by atoms with E-state index in [0.29, 0.717) is 25.9 Å². The molecule has 1 saturated heterocycles. The van der Waals surface area contributed by atoms with E-state index in [1.807, 2.05) is 30.3 Å². The normalized spacial score (nSPS) is 19.4. The Bertz CT molecular complexity index is 648. The third-order valence-corrected chi connectivity index (χ3v) is 3.89. The van der Waals surface area contributed by atoms with Crippen LogP contribution in [0.1, 0.15) is 18.4 Å². The lowest BCUT2D eigenvalue weighted by molar-refractivity contribution is -0.154. The maximum Gasteiger partial charge on any atom is 0.332 e. The predicted octanol–water partition coefficient (Wildman–Crippen LogP) is 1.18. The van der Waals surface area contributed by atoms with Gasteiger partial charge < -0.3 is 19.5 Å². The summed E-state index contributed by atoms with van der Waals surface area (Å²) in [7, 11) is 1.58. The van der Waals surface area contributed by atoms with E-state index in [2.05, 4.69) is 0 Å². The smallest absolute Gasteiger partial charge is 0.332 e. The van der Waals surface area contributed by atoms with E-state index >= 15 is 0 Å². The van der Waals surface area contributed by atoms with E-state index in [9.17, 15) is 14.4 Å². The first-order valence-corrected chi connectivity index (χ1v) is 8.17. The molecule has 1 aliphatic rings. The molecule has 0 spiro atoms. The lowest BCUT2D eigenvalue weighted by Crippen LogP contribution is -2.32. The highest BCUT2D eigenvalue weighted by Crippen LogP contribution is 2.22. The Morgan fingerprint density at radius 2 is 2.04 bits per heavy atom. The summed E-state index contributed by atoms with van der Waals surface area (Å²) >= 11 is 0. The Labute approximate surface area is 151 Å². The van der Waals surface area contributed by atoms with Gasteiger partial charge in [0.1, 0.15) is 13.0 Å². The molecule has 1 heterocycles. The number of aliphatic carboxylic acids is 1. The average molecular weight is 362 g/mol. The number of carbonyl (C=O) groups excluding carboxylic acids is 2. The molecule has 1 aliphatic heterocycles. The highest BCUT2D eigenvalue weighted by atomic mass is 16.5. The van der Waals surface area contributed by atoms with Crippen LogP contribution < -0.4 is 0 Å². The predicted molar refractivity (Wildman–Crippen MR) is 91.4 cm³/mol. The van der Waals surface area contributed by atoms with Crippen LogP contribution in [0.25, 0.3) is 0 Å². The largest absolute Gasteiger partial charge is 0.479 e. The van der Waals surface area contributed by atoms with Crippen molar-refractivity contribution in [1.29, 1.82) is 0 Å². The summed E-state index contributed by atoms with van der Waals surface area (Å²) in [4.78, 5) is 36.7. The fourth-order valence-electron chi connectivity index (χ4n) is 2.44. The molecular weight excluding hydrogens is 340 g/mol. The van der Waals surface area contributed by atoms with Crippen LogP contribution in [-0.4, -0.2) is 59.3 Å². The maximum absolute atomic E-state index is 12.1. The van der Waals surface area contributed by atoms with Crippen LogP contribution in [0.15, 0.2) is 42.6 Å². The number of hydrogen-bond acceptors (Lipinski definition) is 5. The van der Waals surface area contributed by atoms with Crippen LogP contribution >= 0.6 is 0 Å². The van der Waals surface area contributed by atoms with Gasteiger partial charge in [0.2, 0.25) is 12.3 Å². The van der Waals surface area contributed by atoms with E-state index in [4.69, 9.17) is 14.6 Å². The van der Waals surface area contributed by atoms with Crippen molar-refractivity contribution in [2.75, 3.05) is 13.8 Å². The van der Waals surface area contributed by atoms with Crippen molar-refractivity contribution in [3.8, 4) is 0 Å². The summed E-state index contributed by atoms with van der Waals surface area (Å²) in [6, 6.07) is 9.58. The van der Waals surface area contributed by atoms with Crippen LogP contribution in [0.3, 0.4) is 0 Å². The summed E-state index contributed by atoms with van der Waals surface area (Å²) in [6.45, 7) is 0.481. The van der Waals surface area contributed by atoms with E-state index in [1.165, 1.54) is 17.2 Å². The molecule has 2 amide bonds. The minimum atomic E-state index is -1.06. The Morgan fingerprint density at radius 1 is 1.31 bits per heavy atom. The van der Waals surface area contributed by atoms with Crippen molar-refractivity contribution in [1.82, 2.24) is 9.80 Å². The lowest BCUT2D eigenvalue weighted by atomic mass is 10.2. The number of carboxylic acids is 1. The number of ether oxygens (including phenoxy) is 2. The molecule has 0 radical (unpaired) electrons. The second-order valence-electron chi connectivity index (χ2n) is 5.86. The minimum Gasteiger partial charge on any atom is -0.479 e. The van der Waals surface area contributed by atoms with Crippen molar-refractivity contribution in [3.05, 3.63) is 48.2 Å². The summed E-state index contributed by atoms with van der Waals surface area (Å²) in [6.07, 6.45) is 2.11. The second kappa shape index (κ2) is 9.69. The first-order chi connectivity index (χ1) is 12.5. The molecule has 2 atom stereocenters. The molecule has 2 rings (SSSR count). The lowest BCUT2D eigenvalue weighted by Gasteiger charge is -2.21. The number of carboxylic acid groups (broad SMARTS) is 1. The van der Waals surface area contributed by atoms with Crippen LogP contribution in [-0.2, 0) is 30.5 Å². The van der Waals surface area contributed by atoms with Gasteiger partial charge in [-0.25, -0.2) is 4.79 Å². The summed E-state index contributed by atoms with van der Waals surface area (Å²) in [5, 5.41) is 8.92. The van der Waals surface area contributed by atoms with Crippen molar-refractivity contribution in [2.24, 2.45) is 0 Å². The number of hydrogen-bond donors (Lipinski definition) is 1. The molecule has 2 unspecified atom stereocenters. The minimum absolute atomic E-state index is 0.0974. The van der Waals surface area contributed by atoms with Crippen LogP contribution in [0, 0.1) is 0 Å². The topological polar surface area (TPSA) is 96.4 Å². The second-order valence-corrected chi connectivity index (χ2v) is 5.86. The Balaban J connectivity index is 1.78. The number of nitrogens with zero attached hydrogens (tertiary/aromatic N) is 2. The van der Waals surface area contributed by atoms with E-state index in [1.54, 1.807) is 7.05 Å². The molecule has 0 saturated carbocycles. The Morgan fingerprint density at radius 3 is 2.65 bits per heavy atom. The van der Waals surface area contributed by atoms with Gasteiger partial charge in [-0.1, -0.05) is 30.3 Å². The van der Waals surface area contributed by atoms with Gasteiger partial charge >= 0.3 is 5.97 Å². The standard InChI is InChI=1S/C18H22N2O6/c1-19(13-25-11-14-5-3-2-4-6-14)16(22)9-10-20(12-21)17-8-7-15(26-17)18(23)24/h2-6,9-10,12,15,17H,7-8,11,13H2,1H3,(H,23,24)/b10-9-. The van der Waals surface area contributed by atoms with Crippen molar-refractivity contribution >= 4 is 18.3 Å². The molecule has 1 aromatic rings. The van der Waals surface area contributed by atoms with Crippen LogP contribution in [0.5, 0.6) is 0 Å². The molecule has 8 heteroatoms. The van der Waals surface area contributed by atoms with Gasteiger partial charge in [0, 0.05) is 19.3 Å². The molecular formula is C18H22N2O6. The molecule has 0 aromatic heterocycles. The SMILES string of the molecule is CN(COCc1ccccc1)C(=O)/C=C\N(C=O)C1CCC(C(=O)O)O1. The number of likely N-dealkylation sites (N-methyl/N-ethyl adjacent to an activating group) is 1. The number of carbonyl (C=O) groups is 3. The molecule has 26 heavy (non-hydrogen) atoms. The first-order valence-electron chi connectivity index (χ1n) is 8.17. The zero-order valence-corrected chi connectivity index (χ0v) is 14.5. The van der Waals surface area contributed by atoms with Gasteiger partial charge in [-0.05, 0) is 18.4 Å². The molecule has 0 aliphatic carbocycles. The number of amides is 2. The van der Waals surface area contributed by atoms with Gasteiger partial charge in [0.05, 0.1) is 6.61 Å². The molecule has 140 valence electrons. The molecule has 1 N–H and O–H groups in total. The fourth-order valence-corrected chi connectivity index (χ4v) is 2.44. The van der Waals surface area contributed by atoms with Gasteiger partial charge in [-0.3, -0.25) is 14.5 Å². The Hall–Kier alpha value is -2.71. The number of rotatable bonds is 9. The van der Waals surface area contributed by atoms with E-state index in [0.717, 1.165) is 10.5 Å². The van der Waals surface area contributed by atoms with Gasteiger partial charge in [-0.15, -0.1) is 0 Å². The highest BCUT2D eigenvalue weighted by molar-refractivity contribution is 5.87. The van der Waals surface area contributed by atoms with Crippen molar-refractivity contribution < 1.29 is 29.0 Å². The molecule has 8 nitrogen and oxygen atoms in total. The van der Waals surface area contributed by atoms with Crippen LogP contribution in [0.4, 0.5) is 0 Å². The zero-order chi connectivity index (χ0) is 18.9. The van der Waals surface area contributed by atoms with Gasteiger partial charge in [-0.2, -0.15) is 0 Å². The fraction of sp³-hybridized carbons (Fsp3) is 0.389. The monoisotopic (exact) mass is 362 g/mol. The van der Waals surface area contributed by atoms with Crippen molar-refractivity contribution in [3.63, 3.8) is 0 Å². The zero-order valence-electron chi connectivity index (χ0n) is 14.5. The Kier molecular flexibility index (Phi) is 7.31.